The molecule has 2 aromatic heterocycles. The topological polar surface area (TPSA) is 127 Å². The van der Waals surface area contributed by atoms with E-state index in [-0.39, 0.29) is 16.2 Å². The minimum absolute atomic E-state index is 0.0878. The van der Waals surface area contributed by atoms with Crippen molar-refractivity contribution in [2.45, 2.75) is 10.6 Å². The first-order chi connectivity index (χ1) is 18.5. The number of sulfonamides is 1. The summed E-state index contributed by atoms with van der Waals surface area (Å²) in [6, 6.07) is 21.5. The number of nitrogens with zero attached hydrogens (tertiary/aromatic N) is 1. The molecule has 9 nitrogen and oxygen atoms in total. The lowest BCUT2D eigenvalue weighted by atomic mass is 10.0. The second-order valence-corrected chi connectivity index (χ2v) is 12.9. The summed E-state index contributed by atoms with van der Waals surface area (Å²) in [7, 11) is -5.62. The fourth-order valence-corrected chi connectivity index (χ4v) is 6.12. The van der Waals surface area contributed by atoms with Gasteiger partial charge in [-0.15, -0.1) is 0 Å². The van der Waals surface area contributed by atoms with Gasteiger partial charge >= 0.3 is 0 Å². The van der Waals surface area contributed by atoms with Crippen molar-refractivity contribution in [1.29, 1.82) is 0 Å². The molecule has 0 saturated carbocycles. The van der Waals surface area contributed by atoms with E-state index in [1.54, 1.807) is 80.1 Å². The number of nitrogens with one attached hydrogen (secondary N) is 2. The summed E-state index contributed by atoms with van der Waals surface area (Å²) in [4.78, 5) is 15.6. The maximum Gasteiger partial charge on any atom is 0.274 e. The number of aromatic amines is 1. The van der Waals surface area contributed by atoms with Crippen LogP contribution < -0.4 is 15.0 Å². The van der Waals surface area contributed by atoms with Crippen LogP contribution in [-0.4, -0.2) is 32.6 Å². The molecule has 2 N–H and O–H groups in total. The number of sulfone groups is 1. The number of fused-ring (bicyclic) bond motifs is 1. The first-order valence-electron chi connectivity index (χ1n) is 11.8. The number of benzene rings is 3. The lowest BCUT2D eigenvalue weighted by molar-refractivity contribution is 0.484. The molecule has 0 atom stereocenters. The van der Waals surface area contributed by atoms with E-state index in [9.17, 15) is 21.6 Å². The van der Waals surface area contributed by atoms with Crippen LogP contribution in [0.15, 0.2) is 101 Å². The van der Waals surface area contributed by atoms with E-state index in [1.807, 2.05) is 6.07 Å². The molecule has 5 aromatic rings. The summed E-state index contributed by atoms with van der Waals surface area (Å²) in [5.41, 5.74) is 2.16. The monoisotopic (exact) mass is 563 g/mol. The molecule has 0 aliphatic rings. The van der Waals surface area contributed by atoms with Gasteiger partial charge < -0.3 is 14.3 Å². The van der Waals surface area contributed by atoms with Crippen molar-refractivity contribution in [3.05, 3.63) is 107 Å². The smallest absolute Gasteiger partial charge is 0.274 e. The minimum atomic E-state index is -3.69. The van der Waals surface area contributed by atoms with Crippen LogP contribution in [0.5, 0.6) is 11.5 Å². The molecule has 11 heteroatoms. The summed E-state index contributed by atoms with van der Waals surface area (Å²) in [6.45, 7) is 0. The number of ether oxygens (including phenoxy) is 1. The molecule has 0 amide bonds. The Morgan fingerprint density at radius 3 is 2.41 bits per heavy atom. The largest absolute Gasteiger partial charge is 0.457 e. The summed E-state index contributed by atoms with van der Waals surface area (Å²) in [5.74, 6) is 0.473. The zero-order valence-electron chi connectivity index (χ0n) is 21.1. The molecule has 3 aromatic carbocycles. The number of aryl methyl sites for hydroxylation is 1. The minimum Gasteiger partial charge on any atom is -0.457 e. The zero-order chi connectivity index (χ0) is 27.8. The average molecular weight is 564 g/mol. The van der Waals surface area contributed by atoms with Gasteiger partial charge in [-0.1, -0.05) is 36.4 Å². The molecular formula is C28H25N3O6S2. The van der Waals surface area contributed by atoms with Crippen LogP contribution in [0.2, 0.25) is 0 Å². The highest BCUT2D eigenvalue weighted by Gasteiger charge is 2.19. The first-order valence-corrected chi connectivity index (χ1v) is 15.4. The number of H-pyrrole nitrogens is 1. The van der Waals surface area contributed by atoms with Gasteiger partial charge in [0.1, 0.15) is 17.0 Å². The zero-order valence-corrected chi connectivity index (χ0v) is 22.7. The predicted octanol–water partition coefficient (Wildman–Crippen LogP) is 4.67. The van der Waals surface area contributed by atoms with Gasteiger partial charge in [-0.25, -0.2) is 16.8 Å². The van der Waals surface area contributed by atoms with Crippen molar-refractivity contribution in [1.82, 2.24) is 9.55 Å². The number of hydrogen-bond donors (Lipinski definition) is 2. The van der Waals surface area contributed by atoms with Crippen LogP contribution >= 0.6 is 0 Å². The van der Waals surface area contributed by atoms with E-state index in [4.69, 9.17) is 4.74 Å². The third kappa shape index (κ3) is 5.74. The number of aromatic nitrogens is 2. The molecule has 0 unspecified atom stereocenters. The third-order valence-electron chi connectivity index (χ3n) is 6.10. The van der Waals surface area contributed by atoms with E-state index < -0.39 is 19.9 Å². The van der Waals surface area contributed by atoms with Crippen molar-refractivity contribution in [3.63, 3.8) is 0 Å². The number of anilines is 1. The van der Waals surface area contributed by atoms with Gasteiger partial charge in [-0.2, -0.15) is 0 Å². The second kappa shape index (κ2) is 10.1. The Hall–Kier alpha value is -4.35. The van der Waals surface area contributed by atoms with Crippen LogP contribution in [0.25, 0.3) is 22.0 Å². The van der Waals surface area contributed by atoms with E-state index in [2.05, 4.69) is 9.71 Å². The Balaban J connectivity index is 1.53. The third-order valence-corrected chi connectivity index (χ3v) is 8.47. The molecule has 39 heavy (non-hydrogen) atoms. The Morgan fingerprint density at radius 1 is 0.897 bits per heavy atom. The molecule has 0 saturated heterocycles. The van der Waals surface area contributed by atoms with Gasteiger partial charge in [0.25, 0.3) is 5.56 Å². The van der Waals surface area contributed by atoms with Crippen molar-refractivity contribution in [2.75, 3.05) is 11.0 Å². The fourth-order valence-electron chi connectivity index (χ4n) is 4.28. The normalized spacial score (nSPS) is 11.9. The maximum absolute atomic E-state index is 12.7. The van der Waals surface area contributed by atoms with Crippen molar-refractivity contribution < 1.29 is 21.6 Å². The number of pyridine rings is 1. The van der Waals surface area contributed by atoms with Crippen LogP contribution in [-0.2, 0) is 32.7 Å². The fraction of sp³-hybridized carbons (Fsp3) is 0.107. The summed E-state index contributed by atoms with van der Waals surface area (Å²) in [6.07, 6.45) is 4.38. The summed E-state index contributed by atoms with van der Waals surface area (Å²) < 4.78 is 60.3. The van der Waals surface area contributed by atoms with E-state index in [0.717, 1.165) is 6.26 Å². The lowest BCUT2D eigenvalue weighted by Gasteiger charge is -2.15. The molecule has 0 radical (unpaired) electrons. The summed E-state index contributed by atoms with van der Waals surface area (Å²) in [5, 5.41) is 0.607. The Labute approximate surface area is 225 Å². The second-order valence-electron chi connectivity index (χ2n) is 9.13. The van der Waals surface area contributed by atoms with Gasteiger partial charge in [0.2, 0.25) is 10.0 Å². The number of rotatable bonds is 8. The van der Waals surface area contributed by atoms with Gasteiger partial charge in [-0.05, 0) is 42.0 Å². The quantitative estimate of drug-likeness (QED) is 0.282. The molecule has 200 valence electrons. The maximum atomic E-state index is 12.7. The molecule has 0 fully saturated rings. The van der Waals surface area contributed by atoms with E-state index in [1.165, 1.54) is 16.7 Å². The SMILES string of the molecule is Cn1cc(-c2cc(S(C)(=O)=O)ccc2Oc2cccc(NS(=O)(=O)Cc3ccccc3)c2)c2cc[nH]c2c1=O. The standard InChI is InChI=1S/C28H25N3O6S2/c1-31-17-25(23-13-14-29-27(23)28(31)32)24-16-22(38(2,33)34)11-12-26(24)37-21-10-6-9-20(15-21)30-39(35,36)18-19-7-4-3-5-8-19/h3-17,29-30H,18H2,1-2H3. The van der Waals surface area contributed by atoms with Crippen molar-refractivity contribution in [2.24, 2.45) is 7.05 Å². The number of hydrogen-bond acceptors (Lipinski definition) is 6. The average Bonchev–Trinajstić information content (AvgIpc) is 3.37. The Bertz CT molecular complexity index is 1960. The van der Waals surface area contributed by atoms with Gasteiger partial charge in [0.05, 0.1) is 16.3 Å². The lowest BCUT2D eigenvalue weighted by Crippen LogP contribution is -2.16. The van der Waals surface area contributed by atoms with Crippen LogP contribution in [0.4, 0.5) is 5.69 Å². The highest BCUT2D eigenvalue weighted by Crippen LogP contribution is 2.38. The van der Waals surface area contributed by atoms with Crippen LogP contribution in [0, 0.1) is 0 Å². The van der Waals surface area contributed by atoms with Crippen molar-refractivity contribution >= 4 is 36.5 Å². The molecule has 0 aliphatic heterocycles. The molecule has 0 aliphatic carbocycles. The molecular weight excluding hydrogens is 538 g/mol. The van der Waals surface area contributed by atoms with E-state index >= 15 is 0 Å². The molecule has 2 heterocycles. The highest BCUT2D eigenvalue weighted by atomic mass is 32.2. The highest BCUT2D eigenvalue weighted by molar-refractivity contribution is 7.92. The van der Waals surface area contributed by atoms with Crippen LogP contribution in [0.1, 0.15) is 5.56 Å². The van der Waals surface area contributed by atoms with Gasteiger partial charge in [0.15, 0.2) is 9.84 Å². The summed E-state index contributed by atoms with van der Waals surface area (Å²) >= 11 is 0. The van der Waals surface area contributed by atoms with E-state index in [0.29, 0.717) is 44.8 Å². The van der Waals surface area contributed by atoms with Crippen LogP contribution in [0.3, 0.4) is 0 Å². The first kappa shape index (κ1) is 26.3. The predicted molar refractivity (Wildman–Crippen MR) is 151 cm³/mol. The van der Waals surface area contributed by atoms with Gasteiger partial charge in [-0.3, -0.25) is 9.52 Å². The van der Waals surface area contributed by atoms with Crippen molar-refractivity contribution in [3.8, 4) is 22.6 Å². The molecule has 5 rings (SSSR count). The van der Waals surface area contributed by atoms with Gasteiger partial charge in [0, 0.05) is 48.3 Å². The Kier molecular flexibility index (Phi) is 6.79. The molecule has 0 bridgehead atoms. The Morgan fingerprint density at radius 2 is 1.67 bits per heavy atom. The molecule has 0 spiro atoms.